The molecule has 20 heavy (non-hydrogen) atoms. The third kappa shape index (κ3) is 2.48. The van der Waals surface area contributed by atoms with Gasteiger partial charge in [-0.1, -0.05) is 23.4 Å². The summed E-state index contributed by atoms with van der Waals surface area (Å²) >= 11 is 1.02. The van der Waals surface area contributed by atoms with Crippen LogP contribution in [0.15, 0.2) is 50.5 Å². The summed E-state index contributed by atoms with van der Waals surface area (Å²) in [6.45, 7) is 0. The first-order valence-corrected chi connectivity index (χ1v) is 7.97. The first-order valence-electron chi connectivity index (χ1n) is 5.55. The molecule has 0 aliphatic carbocycles. The van der Waals surface area contributed by atoms with Crippen molar-refractivity contribution < 1.29 is 12.9 Å². The number of hydrogen-bond donors (Lipinski definition) is 1. The number of aromatic nitrogens is 2. The lowest BCUT2D eigenvalue weighted by Gasteiger charge is -1.90. The van der Waals surface area contributed by atoms with E-state index in [1.807, 2.05) is 30.3 Å². The molecule has 0 saturated heterocycles. The quantitative estimate of drug-likeness (QED) is 0.799. The lowest BCUT2D eigenvalue weighted by molar-refractivity contribution is 0.432. The second kappa shape index (κ2) is 4.82. The van der Waals surface area contributed by atoms with Crippen LogP contribution in [0.3, 0.4) is 0 Å². The molecule has 0 amide bonds. The SMILES string of the molecule is NS(=O)(=O)c1cc(-c2noc(-c3ccccc3)n2)cs1. The Hall–Kier alpha value is -2.03. The van der Waals surface area contributed by atoms with Gasteiger partial charge >= 0.3 is 0 Å². The van der Waals surface area contributed by atoms with E-state index >= 15 is 0 Å². The van der Waals surface area contributed by atoms with Gasteiger partial charge in [0.25, 0.3) is 5.89 Å². The molecule has 0 unspecified atom stereocenters. The Morgan fingerprint density at radius 3 is 2.55 bits per heavy atom. The normalized spacial score (nSPS) is 11.7. The van der Waals surface area contributed by atoms with E-state index < -0.39 is 10.0 Å². The average molecular weight is 307 g/mol. The van der Waals surface area contributed by atoms with Crippen LogP contribution in [0.25, 0.3) is 22.8 Å². The van der Waals surface area contributed by atoms with Crippen molar-refractivity contribution in [2.75, 3.05) is 0 Å². The molecule has 3 aromatic rings. The fourth-order valence-corrected chi connectivity index (χ4v) is 3.21. The van der Waals surface area contributed by atoms with Gasteiger partial charge in [0.2, 0.25) is 15.8 Å². The number of primary sulfonamides is 1. The third-order valence-corrected chi connectivity index (χ3v) is 4.95. The molecule has 3 rings (SSSR count). The van der Waals surface area contributed by atoms with Gasteiger partial charge in [0, 0.05) is 16.5 Å². The van der Waals surface area contributed by atoms with Crippen molar-refractivity contribution in [2.24, 2.45) is 5.14 Å². The van der Waals surface area contributed by atoms with Gasteiger partial charge in [-0.15, -0.1) is 11.3 Å². The first kappa shape index (κ1) is 13.0. The van der Waals surface area contributed by atoms with Gasteiger partial charge < -0.3 is 4.52 Å². The first-order chi connectivity index (χ1) is 9.54. The largest absolute Gasteiger partial charge is 0.334 e. The van der Waals surface area contributed by atoms with Crippen LogP contribution < -0.4 is 5.14 Å². The minimum absolute atomic E-state index is 0.0681. The van der Waals surface area contributed by atoms with E-state index in [2.05, 4.69) is 10.1 Å². The van der Waals surface area contributed by atoms with Crippen LogP contribution in [0, 0.1) is 0 Å². The molecule has 0 spiro atoms. The fourth-order valence-electron chi connectivity index (χ4n) is 1.62. The molecule has 8 heteroatoms. The highest BCUT2D eigenvalue weighted by molar-refractivity contribution is 7.91. The van der Waals surface area contributed by atoms with Gasteiger partial charge in [-0.2, -0.15) is 4.98 Å². The van der Waals surface area contributed by atoms with Gasteiger partial charge in [-0.05, 0) is 18.2 Å². The van der Waals surface area contributed by atoms with Crippen LogP contribution in [0.1, 0.15) is 0 Å². The van der Waals surface area contributed by atoms with E-state index in [4.69, 9.17) is 9.66 Å². The molecule has 1 aromatic carbocycles. The molecule has 6 nitrogen and oxygen atoms in total. The van der Waals surface area contributed by atoms with Crippen molar-refractivity contribution in [2.45, 2.75) is 4.21 Å². The van der Waals surface area contributed by atoms with E-state index in [0.717, 1.165) is 16.9 Å². The highest BCUT2D eigenvalue weighted by atomic mass is 32.2. The summed E-state index contributed by atoms with van der Waals surface area (Å²) in [4.78, 5) is 4.24. The molecule has 0 bridgehead atoms. The Morgan fingerprint density at radius 1 is 1.15 bits per heavy atom. The molecule has 0 fully saturated rings. The van der Waals surface area contributed by atoms with Gasteiger partial charge in [0.05, 0.1) is 0 Å². The number of rotatable bonds is 3. The zero-order valence-corrected chi connectivity index (χ0v) is 11.7. The summed E-state index contributed by atoms with van der Waals surface area (Å²) in [5.41, 5.74) is 1.36. The summed E-state index contributed by atoms with van der Waals surface area (Å²) in [6, 6.07) is 10.7. The standard InChI is InChI=1S/C12H9N3O3S2/c13-20(16,17)10-6-9(7-19-10)11-14-12(18-15-11)8-4-2-1-3-5-8/h1-7H,(H2,13,16,17). The number of hydrogen-bond acceptors (Lipinski definition) is 6. The van der Waals surface area contributed by atoms with E-state index in [9.17, 15) is 8.42 Å². The maximum Gasteiger partial charge on any atom is 0.258 e. The summed E-state index contributed by atoms with van der Waals surface area (Å²) in [5, 5.41) is 10.5. The van der Waals surface area contributed by atoms with E-state index in [1.165, 1.54) is 6.07 Å². The molecule has 0 saturated carbocycles. The highest BCUT2D eigenvalue weighted by Gasteiger charge is 2.16. The average Bonchev–Trinajstić information content (AvgIpc) is 3.08. The second-order valence-corrected chi connectivity index (χ2v) is 6.69. The number of nitrogens with zero attached hydrogens (tertiary/aromatic N) is 2. The predicted molar refractivity (Wildman–Crippen MR) is 74.4 cm³/mol. The Labute approximate surface area is 118 Å². The molecule has 2 heterocycles. The van der Waals surface area contributed by atoms with Gasteiger partial charge in [0.1, 0.15) is 4.21 Å². The van der Waals surface area contributed by atoms with Crippen LogP contribution in [0.2, 0.25) is 0 Å². The Morgan fingerprint density at radius 2 is 1.90 bits per heavy atom. The number of thiophene rings is 1. The minimum Gasteiger partial charge on any atom is -0.334 e. The summed E-state index contributed by atoms with van der Waals surface area (Å²) in [5.74, 6) is 0.707. The summed E-state index contributed by atoms with van der Waals surface area (Å²) in [7, 11) is -3.70. The maximum atomic E-state index is 11.2. The fraction of sp³-hybridized carbons (Fsp3) is 0. The Bertz CT molecular complexity index is 838. The van der Waals surface area contributed by atoms with Crippen LogP contribution in [-0.2, 0) is 10.0 Å². The Kier molecular flexibility index (Phi) is 3.13. The van der Waals surface area contributed by atoms with Gasteiger partial charge in [-0.25, -0.2) is 13.6 Å². The van der Waals surface area contributed by atoms with Crippen molar-refractivity contribution in [1.29, 1.82) is 0 Å². The van der Waals surface area contributed by atoms with Crippen LogP contribution in [0.5, 0.6) is 0 Å². The lowest BCUT2D eigenvalue weighted by Crippen LogP contribution is -2.09. The van der Waals surface area contributed by atoms with Crippen molar-refractivity contribution in [3.05, 3.63) is 41.8 Å². The predicted octanol–water partition coefficient (Wildman–Crippen LogP) is 2.11. The smallest absolute Gasteiger partial charge is 0.258 e. The molecular formula is C12H9N3O3S2. The zero-order valence-electron chi connectivity index (χ0n) is 10.1. The van der Waals surface area contributed by atoms with Crippen molar-refractivity contribution in [3.63, 3.8) is 0 Å². The van der Waals surface area contributed by atoms with E-state index in [-0.39, 0.29) is 4.21 Å². The molecule has 102 valence electrons. The monoisotopic (exact) mass is 307 g/mol. The van der Waals surface area contributed by atoms with Crippen LogP contribution in [0.4, 0.5) is 0 Å². The third-order valence-electron chi connectivity index (χ3n) is 2.56. The van der Waals surface area contributed by atoms with Crippen LogP contribution >= 0.6 is 11.3 Å². The second-order valence-electron chi connectivity index (χ2n) is 3.99. The van der Waals surface area contributed by atoms with Gasteiger partial charge in [0.15, 0.2) is 0 Å². The highest BCUT2D eigenvalue weighted by Crippen LogP contribution is 2.27. The number of sulfonamides is 1. The Balaban J connectivity index is 1.97. The summed E-state index contributed by atoms with van der Waals surface area (Å²) in [6.07, 6.45) is 0. The molecule has 2 aromatic heterocycles. The zero-order chi connectivity index (χ0) is 14.2. The van der Waals surface area contributed by atoms with E-state index in [1.54, 1.807) is 5.38 Å². The van der Waals surface area contributed by atoms with Crippen LogP contribution in [-0.4, -0.2) is 18.6 Å². The lowest BCUT2D eigenvalue weighted by atomic mass is 10.2. The van der Waals surface area contributed by atoms with Crippen molar-refractivity contribution in [1.82, 2.24) is 10.1 Å². The van der Waals surface area contributed by atoms with Crippen molar-refractivity contribution >= 4 is 21.4 Å². The molecular weight excluding hydrogens is 298 g/mol. The van der Waals surface area contributed by atoms with Crippen molar-refractivity contribution in [3.8, 4) is 22.8 Å². The molecule has 0 atom stereocenters. The molecule has 0 aliphatic heterocycles. The topological polar surface area (TPSA) is 99.1 Å². The molecule has 0 aliphatic rings. The number of nitrogens with two attached hydrogens (primary N) is 1. The van der Waals surface area contributed by atoms with Gasteiger partial charge in [-0.3, -0.25) is 0 Å². The number of benzene rings is 1. The molecule has 2 N–H and O–H groups in total. The molecule has 0 radical (unpaired) electrons. The maximum absolute atomic E-state index is 11.2. The minimum atomic E-state index is -3.70. The van der Waals surface area contributed by atoms with E-state index in [0.29, 0.717) is 17.3 Å². The summed E-state index contributed by atoms with van der Waals surface area (Å²) < 4.78 is 27.7.